The van der Waals surface area contributed by atoms with E-state index in [0.29, 0.717) is 18.0 Å². The van der Waals surface area contributed by atoms with E-state index in [2.05, 4.69) is 0 Å². The second-order valence-electron chi connectivity index (χ2n) is 5.94. The van der Waals surface area contributed by atoms with Crippen LogP contribution in [0.3, 0.4) is 0 Å². The Balaban J connectivity index is 1.69. The summed E-state index contributed by atoms with van der Waals surface area (Å²) in [5, 5.41) is 0. The Labute approximate surface area is 129 Å². The van der Waals surface area contributed by atoms with Gasteiger partial charge in [-0.25, -0.2) is 0 Å². The number of amides is 2. The minimum absolute atomic E-state index is 0.0114. The molecule has 0 spiro atoms. The van der Waals surface area contributed by atoms with E-state index in [1.807, 2.05) is 25.1 Å². The summed E-state index contributed by atoms with van der Waals surface area (Å²) in [5.41, 5.74) is 6.26. The van der Waals surface area contributed by atoms with Crippen LogP contribution in [0.2, 0.25) is 0 Å². The van der Waals surface area contributed by atoms with Crippen LogP contribution in [0.1, 0.15) is 25.3 Å². The molecule has 2 heterocycles. The first-order chi connectivity index (χ1) is 10.5. The molecule has 2 amide bonds. The van der Waals surface area contributed by atoms with Crippen LogP contribution in [-0.2, 0) is 16.0 Å². The van der Waals surface area contributed by atoms with Gasteiger partial charge in [-0.3, -0.25) is 9.59 Å². The SMILES string of the molecule is CC1CCC(C(N)=O)CN1C(=O)Cc1ccc2c(c1)OCO2. The van der Waals surface area contributed by atoms with Crippen molar-refractivity contribution in [2.45, 2.75) is 32.2 Å². The maximum atomic E-state index is 12.5. The minimum atomic E-state index is -0.326. The van der Waals surface area contributed by atoms with Gasteiger partial charge in [0.25, 0.3) is 0 Å². The van der Waals surface area contributed by atoms with Crippen LogP contribution in [0.4, 0.5) is 0 Å². The third-order valence-corrected chi connectivity index (χ3v) is 4.40. The van der Waals surface area contributed by atoms with Gasteiger partial charge in [-0.1, -0.05) is 6.07 Å². The molecule has 0 radical (unpaired) electrons. The van der Waals surface area contributed by atoms with Crippen LogP contribution < -0.4 is 15.2 Å². The normalized spacial score (nSPS) is 23.4. The van der Waals surface area contributed by atoms with Gasteiger partial charge in [0.1, 0.15) is 0 Å². The zero-order chi connectivity index (χ0) is 15.7. The summed E-state index contributed by atoms with van der Waals surface area (Å²) in [6.07, 6.45) is 1.84. The molecule has 1 aromatic rings. The van der Waals surface area contributed by atoms with Crippen molar-refractivity contribution in [1.29, 1.82) is 0 Å². The van der Waals surface area contributed by atoms with Crippen LogP contribution in [0.15, 0.2) is 18.2 Å². The predicted octanol–water partition coefficient (Wildman–Crippen LogP) is 1.07. The van der Waals surface area contributed by atoms with Crippen LogP contribution in [-0.4, -0.2) is 36.1 Å². The van der Waals surface area contributed by atoms with Crippen molar-refractivity contribution in [2.75, 3.05) is 13.3 Å². The Bertz CT molecular complexity index is 602. The van der Waals surface area contributed by atoms with Crippen LogP contribution in [0.25, 0.3) is 0 Å². The van der Waals surface area contributed by atoms with E-state index >= 15 is 0 Å². The number of carbonyl (C=O) groups excluding carboxylic acids is 2. The van der Waals surface area contributed by atoms with Crippen molar-refractivity contribution >= 4 is 11.8 Å². The van der Waals surface area contributed by atoms with E-state index in [4.69, 9.17) is 15.2 Å². The molecule has 118 valence electrons. The number of hydrogen-bond donors (Lipinski definition) is 1. The van der Waals surface area contributed by atoms with Gasteiger partial charge < -0.3 is 20.1 Å². The predicted molar refractivity (Wildman–Crippen MR) is 79.4 cm³/mol. The minimum Gasteiger partial charge on any atom is -0.454 e. The first kappa shape index (κ1) is 14.7. The molecule has 2 N–H and O–H groups in total. The smallest absolute Gasteiger partial charge is 0.231 e. The first-order valence-electron chi connectivity index (χ1n) is 7.52. The third-order valence-electron chi connectivity index (χ3n) is 4.40. The molecular weight excluding hydrogens is 284 g/mol. The molecule has 2 aliphatic heterocycles. The molecule has 3 rings (SSSR count). The second-order valence-corrected chi connectivity index (χ2v) is 5.94. The molecule has 0 saturated carbocycles. The number of piperidine rings is 1. The highest BCUT2D eigenvalue weighted by Crippen LogP contribution is 2.33. The average Bonchev–Trinajstić information content (AvgIpc) is 2.94. The average molecular weight is 304 g/mol. The Morgan fingerprint density at radius 1 is 1.27 bits per heavy atom. The molecule has 1 fully saturated rings. The number of hydrogen-bond acceptors (Lipinski definition) is 4. The highest BCUT2D eigenvalue weighted by Gasteiger charge is 2.31. The Morgan fingerprint density at radius 3 is 2.82 bits per heavy atom. The number of fused-ring (bicyclic) bond motifs is 1. The summed E-state index contributed by atoms with van der Waals surface area (Å²) in [6.45, 7) is 2.64. The summed E-state index contributed by atoms with van der Waals surface area (Å²) in [6, 6.07) is 5.65. The largest absolute Gasteiger partial charge is 0.454 e. The van der Waals surface area contributed by atoms with Crippen LogP contribution in [0, 0.1) is 5.92 Å². The number of carbonyl (C=O) groups is 2. The van der Waals surface area contributed by atoms with E-state index in [1.54, 1.807) is 4.90 Å². The van der Waals surface area contributed by atoms with Gasteiger partial charge >= 0.3 is 0 Å². The molecule has 0 aliphatic carbocycles. The first-order valence-corrected chi connectivity index (χ1v) is 7.52. The molecule has 22 heavy (non-hydrogen) atoms. The monoisotopic (exact) mass is 304 g/mol. The number of benzene rings is 1. The van der Waals surface area contributed by atoms with Gasteiger partial charge in [0, 0.05) is 12.6 Å². The lowest BCUT2D eigenvalue weighted by atomic mass is 9.92. The molecule has 6 nitrogen and oxygen atoms in total. The quantitative estimate of drug-likeness (QED) is 0.905. The molecular formula is C16H20N2O4. The number of primary amides is 1. The maximum Gasteiger partial charge on any atom is 0.231 e. The van der Waals surface area contributed by atoms with Gasteiger partial charge in [-0.2, -0.15) is 0 Å². The van der Waals surface area contributed by atoms with Crippen molar-refractivity contribution in [1.82, 2.24) is 4.90 Å². The molecule has 6 heteroatoms. The number of nitrogens with two attached hydrogens (primary N) is 1. The maximum absolute atomic E-state index is 12.5. The van der Waals surface area contributed by atoms with E-state index in [0.717, 1.165) is 18.4 Å². The summed E-state index contributed by atoms with van der Waals surface area (Å²) < 4.78 is 10.6. The van der Waals surface area contributed by atoms with Crippen LogP contribution in [0.5, 0.6) is 11.5 Å². The van der Waals surface area contributed by atoms with Crippen molar-refractivity contribution in [3.63, 3.8) is 0 Å². The molecule has 0 aromatic heterocycles. The van der Waals surface area contributed by atoms with Crippen LogP contribution >= 0.6 is 0 Å². The lowest BCUT2D eigenvalue weighted by Crippen LogP contribution is -2.49. The standard InChI is InChI=1S/C16H20N2O4/c1-10-2-4-12(16(17)20)8-18(10)15(19)7-11-3-5-13-14(6-11)22-9-21-13/h3,5-6,10,12H,2,4,7-9H2,1H3,(H2,17,20). The lowest BCUT2D eigenvalue weighted by Gasteiger charge is -2.37. The fraction of sp³-hybridized carbons (Fsp3) is 0.500. The molecule has 2 atom stereocenters. The zero-order valence-corrected chi connectivity index (χ0v) is 12.6. The topological polar surface area (TPSA) is 81.9 Å². The molecule has 2 unspecified atom stereocenters. The number of likely N-dealkylation sites (tertiary alicyclic amines) is 1. The van der Waals surface area contributed by atoms with Crippen molar-refractivity contribution in [2.24, 2.45) is 11.7 Å². The highest BCUT2D eigenvalue weighted by atomic mass is 16.7. The molecule has 2 aliphatic rings. The van der Waals surface area contributed by atoms with Gasteiger partial charge in [-0.05, 0) is 37.5 Å². The highest BCUT2D eigenvalue weighted by molar-refractivity contribution is 5.82. The van der Waals surface area contributed by atoms with Gasteiger partial charge in [0.05, 0.1) is 12.3 Å². The fourth-order valence-corrected chi connectivity index (χ4v) is 3.01. The number of rotatable bonds is 3. The molecule has 0 bridgehead atoms. The van der Waals surface area contributed by atoms with Gasteiger partial charge in [0.2, 0.25) is 18.6 Å². The lowest BCUT2D eigenvalue weighted by molar-refractivity contribution is -0.136. The Morgan fingerprint density at radius 2 is 2.05 bits per heavy atom. The number of ether oxygens (including phenoxy) is 2. The summed E-state index contributed by atoms with van der Waals surface area (Å²) in [5.74, 6) is 0.824. The van der Waals surface area contributed by atoms with E-state index in [1.165, 1.54) is 0 Å². The van der Waals surface area contributed by atoms with E-state index < -0.39 is 0 Å². The third kappa shape index (κ3) is 2.86. The fourth-order valence-electron chi connectivity index (χ4n) is 3.01. The molecule has 1 aromatic carbocycles. The summed E-state index contributed by atoms with van der Waals surface area (Å²) >= 11 is 0. The van der Waals surface area contributed by atoms with Gasteiger partial charge in [-0.15, -0.1) is 0 Å². The zero-order valence-electron chi connectivity index (χ0n) is 12.6. The molecule has 1 saturated heterocycles. The number of nitrogens with zero attached hydrogens (tertiary/aromatic N) is 1. The second kappa shape index (κ2) is 5.87. The van der Waals surface area contributed by atoms with Gasteiger partial charge in [0.15, 0.2) is 11.5 Å². The van der Waals surface area contributed by atoms with Crippen molar-refractivity contribution in [3.05, 3.63) is 23.8 Å². The Hall–Kier alpha value is -2.24. The van der Waals surface area contributed by atoms with Crippen molar-refractivity contribution < 1.29 is 19.1 Å². The summed E-state index contributed by atoms with van der Waals surface area (Å²) in [7, 11) is 0. The van der Waals surface area contributed by atoms with E-state index in [-0.39, 0.29) is 37.0 Å². The summed E-state index contributed by atoms with van der Waals surface area (Å²) in [4.78, 5) is 25.7. The van der Waals surface area contributed by atoms with E-state index in [9.17, 15) is 9.59 Å². The Kier molecular flexibility index (Phi) is 3.92. The van der Waals surface area contributed by atoms with Crippen molar-refractivity contribution in [3.8, 4) is 11.5 Å².